The second-order valence-corrected chi connectivity index (χ2v) is 8.12. The molecule has 0 saturated heterocycles. The highest BCUT2D eigenvalue weighted by molar-refractivity contribution is 5.99. The summed E-state index contributed by atoms with van der Waals surface area (Å²) in [5.41, 5.74) is 15.0. The van der Waals surface area contributed by atoms with Crippen molar-refractivity contribution >= 4 is 28.4 Å². The van der Waals surface area contributed by atoms with Gasteiger partial charge in [0.2, 0.25) is 5.91 Å². The molecule has 31 heavy (non-hydrogen) atoms. The van der Waals surface area contributed by atoms with E-state index in [1.54, 1.807) is 0 Å². The number of amides is 1. The topological polar surface area (TPSA) is 129 Å². The van der Waals surface area contributed by atoms with Crippen LogP contribution in [0.4, 0.5) is 0 Å². The van der Waals surface area contributed by atoms with Gasteiger partial charge in [-0.1, -0.05) is 18.2 Å². The molecule has 1 aromatic carbocycles. The SMILES string of the molecule is CCN(CC)C(=O)[C@@H]1C=C2c3cccc4[nH]cc(c34)C[C@H]2N(C)C1.NC[C@H](N)C(=O)O. The zero-order valence-electron chi connectivity index (χ0n) is 18.5. The molecule has 0 spiro atoms. The number of fused-ring (bicyclic) bond motifs is 2. The summed E-state index contributed by atoms with van der Waals surface area (Å²) in [7, 11) is 2.15. The molecule has 1 amide bonds. The van der Waals surface area contributed by atoms with Crippen LogP contribution < -0.4 is 11.5 Å². The normalized spacial score (nSPS) is 20.9. The molecule has 8 nitrogen and oxygen atoms in total. The zero-order valence-corrected chi connectivity index (χ0v) is 18.5. The fourth-order valence-electron chi connectivity index (χ4n) is 4.48. The summed E-state index contributed by atoms with van der Waals surface area (Å²) in [5.74, 6) is -0.843. The van der Waals surface area contributed by atoms with E-state index in [1.165, 1.54) is 27.6 Å². The third-order valence-electron chi connectivity index (χ3n) is 6.23. The first-order chi connectivity index (χ1) is 14.8. The van der Waals surface area contributed by atoms with Gasteiger partial charge in [0.05, 0.1) is 5.92 Å². The molecule has 1 aliphatic heterocycles. The van der Waals surface area contributed by atoms with E-state index in [1.807, 2.05) is 4.90 Å². The minimum atomic E-state index is -1.05. The summed E-state index contributed by atoms with van der Waals surface area (Å²) in [6, 6.07) is 5.92. The Kier molecular flexibility index (Phi) is 7.15. The van der Waals surface area contributed by atoms with Crippen molar-refractivity contribution < 1.29 is 14.7 Å². The minimum absolute atomic E-state index is 0.00463. The minimum Gasteiger partial charge on any atom is -0.480 e. The van der Waals surface area contributed by atoms with Gasteiger partial charge in [0, 0.05) is 49.3 Å². The van der Waals surface area contributed by atoms with Gasteiger partial charge >= 0.3 is 5.97 Å². The number of carbonyl (C=O) groups is 2. The van der Waals surface area contributed by atoms with Crippen LogP contribution in [0.25, 0.3) is 16.5 Å². The van der Waals surface area contributed by atoms with Gasteiger partial charge in [-0.2, -0.15) is 0 Å². The van der Waals surface area contributed by atoms with E-state index in [2.05, 4.69) is 61.3 Å². The predicted molar refractivity (Wildman–Crippen MR) is 122 cm³/mol. The summed E-state index contributed by atoms with van der Waals surface area (Å²) in [4.78, 5) is 30.3. The number of hydrogen-bond donors (Lipinski definition) is 4. The monoisotopic (exact) mass is 427 g/mol. The second-order valence-electron chi connectivity index (χ2n) is 8.12. The van der Waals surface area contributed by atoms with Crippen molar-refractivity contribution in [2.75, 3.05) is 33.2 Å². The van der Waals surface area contributed by atoms with Gasteiger partial charge in [0.1, 0.15) is 6.04 Å². The van der Waals surface area contributed by atoms with Gasteiger partial charge < -0.3 is 26.5 Å². The number of benzene rings is 1. The number of likely N-dealkylation sites (N-methyl/N-ethyl adjacent to an activating group) is 1. The number of carboxylic acids is 1. The second kappa shape index (κ2) is 9.64. The fraction of sp³-hybridized carbons (Fsp3) is 0.478. The van der Waals surface area contributed by atoms with E-state index in [4.69, 9.17) is 16.6 Å². The van der Waals surface area contributed by atoms with Crippen LogP contribution in [-0.2, 0) is 16.0 Å². The van der Waals surface area contributed by atoms with Gasteiger partial charge in [-0.05, 0) is 50.1 Å². The number of nitrogens with one attached hydrogen (secondary N) is 1. The molecule has 168 valence electrons. The number of nitrogens with zero attached hydrogens (tertiary/aromatic N) is 2. The van der Waals surface area contributed by atoms with E-state index in [9.17, 15) is 9.59 Å². The summed E-state index contributed by atoms with van der Waals surface area (Å²) in [6.07, 6.45) is 5.41. The Morgan fingerprint density at radius 2 is 2.03 bits per heavy atom. The molecule has 1 aliphatic carbocycles. The van der Waals surface area contributed by atoms with Crippen molar-refractivity contribution in [1.29, 1.82) is 0 Å². The Morgan fingerprint density at radius 3 is 2.61 bits per heavy atom. The largest absolute Gasteiger partial charge is 0.480 e. The molecular formula is C23H33N5O3. The van der Waals surface area contributed by atoms with Crippen LogP contribution >= 0.6 is 0 Å². The number of rotatable bonds is 5. The van der Waals surface area contributed by atoms with Crippen LogP contribution in [0, 0.1) is 5.92 Å². The lowest BCUT2D eigenvalue weighted by molar-refractivity contribution is -0.138. The van der Waals surface area contributed by atoms with Crippen molar-refractivity contribution in [2.24, 2.45) is 17.4 Å². The molecule has 0 radical (unpaired) electrons. The van der Waals surface area contributed by atoms with Crippen molar-refractivity contribution in [2.45, 2.75) is 32.4 Å². The smallest absolute Gasteiger partial charge is 0.321 e. The molecule has 2 aromatic rings. The van der Waals surface area contributed by atoms with Crippen LogP contribution in [0.3, 0.4) is 0 Å². The number of carbonyl (C=O) groups excluding carboxylic acids is 1. The highest BCUT2D eigenvalue weighted by Gasteiger charge is 2.36. The number of nitrogens with two attached hydrogens (primary N) is 2. The van der Waals surface area contributed by atoms with Crippen molar-refractivity contribution in [3.8, 4) is 0 Å². The number of aromatic amines is 1. The van der Waals surface area contributed by atoms with Crippen molar-refractivity contribution in [3.63, 3.8) is 0 Å². The molecular weight excluding hydrogens is 394 g/mol. The predicted octanol–water partition coefficient (Wildman–Crippen LogP) is 1.26. The van der Waals surface area contributed by atoms with Gasteiger partial charge in [-0.25, -0.2) is 0 Å². The lowest BCUT2D eigenvalue weighted by atomic mass is 9.79. The lowest BCUT2D eigenvalue weighted by Gasteiger charge is -2.40. The molecule has 0 fully saturated rings. The summed E-state index contributed by atoms with van der Waals surface area (Å²) < 4.78 is 0. The first-order valence-electron chi connectivity index (χ1n) is 10.8. The molecule has 1 aromatic heterocycles. The highest BCUT2D eigenvalue weighted by atomic mass is 16.4. The van der Waals surface area contributed by atoms with Crippen LogP contribution in [0.15, 0.2) is 30.5 Å². The molecule has 6 N–H and O–H groups in total. The Bertz CT molecular complexity index is 979. The van der Waals surface area contributed by atoms with E-state index < -0.39 is 12.0 Å². The lowest BCUT2D eigenvalue weighted by Crippen LogP contribution is -2.47. The van der Waals surface area contributed by atoms with Gasteiger partial charge in [0.25, 0.3) is 0 Å². The Hall–Kier alpha value is -2.68. The Balaban J connectivity index is 0.000000339. The van der Waals surface area contributed by atoms with Gasteiger partial charge in [0.15, 0.2) is 0 Å². The third kappa shape index (κ3) is 4.51. The van der Waals surface area contributed by atoms with E-state index >= 15 is 0 Å². The highest BCUT2D eigenvalue weighted by Crippen LogP contribution is 2.40. The maximum Gasteiger partial charge on any atom is 0.321 e. The quantitative estimate of drug-likeness (QED) is 0.569. The molecule has 0 saturated carbocycles. The summed E-state index contributed by atoms with van der Waals surface area (Å²) in [6.45, 7) is 6.46. The molecule has 3 atom stereocenters. The molecule has 2 heterocycles. The third-order valence-corrected chi connectivity index (χ3v) is 6.23. The van der Waals surface area contributed by atoms with Crippen LogP contribution in [0.5, 0.6) is 0 Å². The van der Waals surface area contributed by atoms with Crippen LogP contribution in [0.2, 0.25) is 0 Å². The molecule has 0 unspecified atom stereocenters. The van der Waals surface area contributed by atoms with Crippen LogP contribution in [0.1, 0.15) is 25.0 Å². The Morgan fingerprint density at radius 1 is 1.32 bits per heavy atom. The summed E-state index contributed by atoms with van der Waals surface area (Å²) in [5, 5.41) is 9.31. The van der Waals surface area contributed by atoms with Gasteiger partial charge in [-0.3, -0.25) is 14.5 Å². The fourth-order valence-corrected chi connectivity index (χ4v) is 4.48. The maximum atomic E-state index is 12.9. The number of aromatic nitrogens is 1. The average molecular weight is 428 g/mol. The standard InChI is InChI=1S/C20H25N3O.C3H8N2O2/c1-4-23(5-2)20(24)14-9-16-15-7-6-8-17-19(15)13(11-21-17)10-18(16)22(3)12-14;4-1-2(5)3(6)7/h6-9,11,14,18,21H,4-5,10,12H2,1-3H3;2H,1,4-5H2,(H,6,7)/t14-,18-;2-/m10/s1. The number of H-pyrrole nitrogens is 1. The maximum absolute atomic E-state index is 12.9. The average Bonchev–Trinajstić information content (AvgIpc) is 3.19. The van der Waals surface area contributed by atoms with E-state index in [0.717, 1.165) is 26.1 Å². The molecule has 0 bridgehead atoms. The first-order valence-corrected chi connectivity index (χ1v) is 10.8. The molecule has 4 rings (SSSR count). The van der Waals surface area contributed by atoms with E-state index in [0.29, 0.717) is 6.04 Å². The molecule has 2 aliphatic rings. The van der Waals surface area contributed by atoms with Crippen molar-refractivity contribution in [1.82, 2.24) is 14.8 Å². The summed E-state index contributed by atoms with van der Waals surface area (Å²) >= 11 is 0. The van der Waals surface area contributed by atoms with Crippen LogP contribution in [-0.4, -0.2) is 77.1 Å². The number of carboxylic acid groups (broad SMARTS) is 1. The zero-order chi connectivity index (χ0) is 22.7. The van der Waals surface area contributed by atoms with Crippen molar-refractivity contribution in [3.05, 3.63) is 41.6 Å². The number of aliphatic carboxylic acids is 1. The first kappa shape index (κ1) is 23.0. The van der Waals surface area contributed by atoms with Gasteiger partial charge in [-0.15, -0.1) is 0 Å². The van der Waals surface area contributed by atoms with E-state index in [-0.39, 0.29) is 18.4 Å². The number of hydrogen-bond acceptors (Lipinski definition) is 5. The Labute approximate surface area is 182 Å². The molecule has 8 heteroatoms.